The zero-order valence-electron chi connectivity index (χ0n) is 8.71. The smallest absolute Gasteiger partial charge is 0.123 e. The highest BCUT2D eigenvalue weighted by Crippen LogP contribution is 2.27. The predicted octanol–water partition coefficient (Wildman–Crippen LogP) is 4.82. The third kappa shape index (κ3) is 2.83. The number of benzene rings is 1. The standard InChI is InChI=1S/C12H11BrFNS/c1-8(12-6-9(13)7-16-12)15-11-4-2-10(14)3-5-11/h2-8,15H,1H3. The Labute approximate surface area is 106 Å². The Morgan fingerprint density at radius 2 is 2.00 bits per heavy atom. The summed E-state index contributed by atoms with van der Waals surface area (Å²) in [7, 11) is 0. The van der Waals surface area contributed by atoms with Crippen molar-refractivity contribution in [2.75, 3.05) is 5.32 Å². The maximum atomic E-state index is 12.7. The van der Waals surface area contributed by atoms with Crippen LogP contribution in [0.2, 0.25) is 0 Å². The van der Waals surface area contributed by atoms with Gasteiger partial charge in [0.1, 0.15) is 5.82 Å². The Hall–Kier alpha value is -0.870. The van der Waals surface area contributed by atoms with Crippen LogP contribution in [-0.2, 0) is 0 Å². The molecule has 1 aromatic carbocycles. The summed E-state index contributed by atoms with van der Waals surface area (Å²) < 4.78 is 13.8. The van der Waals surface area contributed by atoms with Crippen LogP contribution < -0.4 is 5.32 Å². The summed E-state index contributed by atoms with van der Waals surface area (Å²) in [4.78, 5) is 1.25. The molecule has 0 spiro atoms. The first-order chi connectivity index (χ1) is 7.65. The van der Waals surface area contributed by atoms with Gasteiger partial charge in [-0.3, -0.25) is 0 Å². The number of anilines is 1. The minimum Gasteiger partial charge on any atom is -0.378 e. The zero-order chi connectivity index (χ0) is 11.5. The summed E-state index contributed by atoms with van der Waals surface area (Å²) in [5.41, 5.74) is 0.929. The van der Waals surface area contributed by atoms with Gasteiger partial charge in [0.15, 0.2) is 0 Å². The average molecular weight is 300 g/mol. The minimum atomic E-state index is -0.211. The number of nitrogens with one attached hydrogen (secondary N) is 1. The number of halogens is 2. The van der Waals surface area contributed by atoms with E-state index in [9.17, 15) is 4.39 Å². The van der Waals surface area contributed by atoms with Crippen molar-refractivity contribution in [1.29, 1.82) is 0 Å². The van der Waals surface area contributed by atoms with E-state index in [-0.39, 0.29) is 11.9 Å². The second-order valence-corrected chi connectivity index (χ2v) is 5.40. The van der Waals surface area contributed by atoms with Crippen molar-refractivity contribution in [3.8, 4) is 0 Å². The first kappa shape index (κ1) is 11.6. The predicted molar refractivity (Wildman–Crippen MR) is 70.5 cm³/mol. The van der Waals surface area contributed by atoms with E-state index in [1.807, 2.05) is 0 Å². The molecular weight excluding hydrogens is 289 g/mol. The van der Waals surface area contributed by atoms with Gasteiger partial charge in [-0.1, -0.05) is 0 Å². The minimum absolute atomic E-state index is 0.211. The van der Waals surface area contributed by atoms with Gasteiger partial charge in [-0.25, -0.2) is 4.39 Å². The van der Waals surface area contributed by atoms with Gasteiger partial charge in [0.2, 0.25) is 0 Å². The Morgan fingerprint density at radius 1 is 1.31 bits per heavy atom. The highest BCUT2D eigenvalue weighted by Gasteiger charge is 2.07. The third-order valence-electron chi connectivity index (χ3n) is 2.24. The Kier molecular flexibility index (Phi) is 3.61. The molecule has 2 aromatic rings. The first-order valence-corrected chi connectivity index (χ1v) is 6.58. The molecule has 84 valence electrons. The summed E-state index contributed by atoms with van der Waals surface area (Å²) in [5, 5.41) is 5.38. The molecular formula is C12H11BrFNS. The second kappa shape index (κ2) is 4.97. The molecule has 0 amide bonds. The van der Waals surface area contributed by atoms with Gasteiger partial charge in [-0.15, -0.1) is 11.3 Å². The van der Waals surface area contributed by atoms with E-state index in [0.29, 0.717) is 0 Å². The molecule has 0 aliphatic carbocycles. The van der Waals surface area contributed by atoms with Gasteiger partial charge in [-0.05, 0) is 53.2 Å². The summed E-state index contributed by atoms with van der Waals surface area (Å²) in [5.74, 6) is -0.211. The average Bonchev–Trinajstić information content (AvgIpc) is 2.68. The molecule has 1 heterocycles. The molecule has 0 aliphatic heterocycles. The molecule has 0 bridgehead atoms. The van der Waals surface area contributed by atoms with Crippen molar-refractivity contribution in [2.45, 2.75) is 13.0 Å². The Balaban J connectivity index is 2.07. The van der Waals surface area contributed by atoms with Crippen LogP contribution in [0.15, 0.2) is 40.2 Å². The lowest BCUT2D eigenvalue weighted by atomic mass is 10.2. The van der Waals surface area contributed by atoms with Crippen molar-refractivity contribution >= 4 is 33.0 Å². The van der Waals surface area contributed by atoms with Crippen LogP contribution >= 0.6 is 27.3 Å². The van der Waals surface area contributed by atoms with Crippen LogP contribution in [-0.4, -0.2) is 0 Å². The Bertz CT molecular complexity index is 466. The van der Waals surface area contributed by atoms with Gasteiger partial charge in [0.25, 0.3) is 0 Å². The number of hydrogen-bond donors (Lipinski definition) is 1. The maximum absolute atomic E-state index is 12.7. The van der Waals surface area contributed by atoms with Crippen LogP contribution in [0.25, 0.3) is 0 Å². The molecule has 1 N–H and O–H groups in total. The fourth-order valence-electron chi connectivity index (χ4n) is 1.42. The topological polar surface area (TPSA) is 12.0 Å². The molecule has 1 unspecified atom stereocenters. The lowest BCUT2D eigenvalue weighted by molar-refractivity contribution is 0.628. The first-order valence-electron chi connectivity index (χ1n) is 4.91. The normalized spacial score (nSPS) is 12.4. The van der Waals surface area contributed by atoms with Crippen molar-refractivity contribution < 1.29 is 4.39 Å². The number of hydrogen-bond acceptors (Lipinski definition) is 2. The third-order valence-corrected chi connectivity index (χ3v) is 4.12. The van der Waals surface area contributed by atoms with Crippen LogP contribution in [0, 0.1) is 5.82 Å². The SMILES string of the molecule is CC(Nc1ccc(F)cc1)c1cc(Br)cs1. The molecule has 0 aliphatic rings. The van der Waals surface area contributed by atoms with E-state index in [1.54, 1.807) is 23.5 Å². The summed E-state index contributed by atoms with van der Waals surface area (Å²) >= 11 is 5.13. The molecule has 1 nitrogen and oxygen atoms in total. The molecule has 0 radical (unpaired) electrons. The van der Waals surface area contributed by atoms with Gasteiger partial charge >= 0.3 is 0 Å². The lowest BCUT2D eigenvalue weighted by Gasteiger charge is -2.13. The van der Waals surface area contributed by atoms with Crippen LogP contribution in [0.1, 0.15) is 17.8 Å². The summed E-state index contributed by atoms with van der Waals surface area (Å²) in [6.45, 7) is 2.08. The van der Waals surface area contributed by atoms with Crippen LogP contribution in [0.3, 0.4) is 0 Å². The molecule has 1 atom stereocenters. The number of rotatable bonds is 3. The van der Waals surface area contributed by atoms with E-state index in [0.717, 1.165) is 10.2 Å². The largest absolute Gasteiger partial charge is 0.378 e. The second-order valence-electron chi connectivity index (χ2n) is 3.54. The van der Waals surface area contributed by atoms with Gasteiger partial charge < -0.3 is 5.32 Å². The quantitative estimate of drug-likeness (QED) is 0.856. The molecule has 4 heteroatoms. The van der Waals surface area contributed by atoms with Crippen LogP contribution in [0.4, 0.5) is 10.1 Å². The van der Waals surface area contributed by atoms with Gasteiger partial charge in [0, 0.05) is 20.4 Å². The fraction of sp³-hybridized carbons (Fsp3) is 0.167. The monoisotopic (exact) mass is 299 g/mol. The maximum Gasteiger partial charge on any atom is 0.123 e. The van der Waals surface area contributed by atoms with E-state index in [2.05, 4.69) is 39.6 Å². The molecule has 1 aromatic heterocycles. The molecule has 0 saturated heterocycles. The Morgan fingerprint density at radius 3 is 2.56 bits per heavy atom. The summed E-state index contributed by atoms with van der Waals surface area (Å²) in [6.07, 6.45) is 0. The summed E-state index contributed by atoms with van der Waals surface area (Å²) in [6, 6.07) is 8.72. The van der Waals surface area contributed by atoms with Gasteiger partial charge in [-0.2, -0.15) is 0 Å². The molecule has 16 heavy (non-hydrogen) atoms. The lowest BCUT2D eigenvalue weighted by Crippen LogP contribution is -2.04. The fourth-order valence-corrected chi connectivity index (χ4v) is 2.88. The van der Waals surface area contributed by atoms with Crippen molar-refractivity contribution in [3.05, 3.63) is 50.9 Å². The van der Waals surface area contributed by atoms with Gasteiger partial charge in [0.05, 0.1) is 6.04 Å². The zero-order valence-corrected chi connectivity index (χ0v) is 11.1. The molecule has 0 fully saturated rings. The number of thiophene rings is 1. The molecule has 2 rings (SSSR count). The highest BCUT2D eigenvalue weighted by molar-refractivity contribution is 9.10. The van der Waals surface area contributed by atoms with E-state index in [4.69, 9.17) is 0 Å². The van der Waals surface area contributed by atoms with Crippen molar-refractivity contribution in [3.63, 3.8) is 0 Å². The highest BCUT2D eigenvalue weighted by atomic mass is 79.9. The van der Waals surface area contributed by atoms with Crippen molar-refractivity contribution in [1.82, 2.24) is 0 Å². The van der Waals surface area contributed by atoms with E-state index >= 15 is 0 Å². The van der Waals surface area contributed by atoms with Crippen molar-refractivity contribution in [2.24, 2.45) is 0 Å². The van der Waals surface area contributed by atoms with E-state index in [1.165, 1.54) is 17.0 Å². The molecule has 0 saturated carbocycles. The van der Waals surface area contributed by atoms with Crippen LogP contribution in [0.5, 0.6) is 0 Å². The van der Waals surface area contributed by atoms with E-state index < -0.39 is 0 Å².